The minimum atomic E-state index is 0.166. The number of furan rings is 1. The third-order valence-electron chi connectivity index (χ3n) is 4.16. The maximum absolute atomic E-state index is 11.9. The Morgan fingerprint density at radius 3 is 3.17 bits per heavy atom. The second-order valence-corrected chi connectivity index (χ2v) is 5.36. The molecular formula is C14H20N2O2. The standard InChI is InChI=1S/C14H20N2O2/c1-10(13-6-4-8-18-13)15-11-9-14(17)16-7-3-2-5-12(11)16/h4,6,8,10-12,15H,2-3,5,7,9H2,1H3. The number of fused-ring (bicyclic) bond motifs is 1. The number of hydrogen-bond donors (Lipinski definition) is 1. The first kappa shape index (κ1) is 11.8. The van der Waals surface area contributed by atoms with Crippen molar-refractivity contribution in [3.63, 3.8) is 0 Å². The number of carbonyl (C=O) groups is 1. The maximum atomic E-state index is 11.9. The summed E-state index contributed by atoms with van der Waals surface area (Å²) in [4.78, 5) is 14.0. The summed E-state index contributed by atoms with van der Waals surface area (Å²) in [5, 5.41) is 3.55. The zero-order chi connectivity index (χ0) is 12.5. The second kappa shape index (κ2) is 4.76. The zero-order valence-corrected chi connectivity index (χ0v) is 10.8. The number of rotatable bonds is 3. The number of carbonyl (C=O) groups excluding carboxylic acids is 1. The van der Waals surface area contributed by atoms with Gasteiger partial charge in [-0.05, 0) is 38.3 Å². The Hall–Kier alpha value is -1.29. The fourth-order valence-corrected chi connectivity index (χ4v) is 3.24. The molecule has 1 amide bonds. The molecule has 0 spiro atoms. The van der Waals surface area contributed by atoms with Gasteiger partial charge in [-0.15, -0.1) is 0 Å². The van der Waals surface area contributed by atoms with E-state index in [4.69, 9.17) is 4.42 Å². The number of nitrogens with zero attached hydrogens (tertiary/aromatic N) is 1. The first-order chi connectivity index (χ1) is 8.75. The molecule has 98 valence electrons. The first-order valence-corrected chi connectivity index (χ1v) is 6.84. The minimum Gasteiger partial charge on any atom is -0.468 e. The maximum Gasteiger partial charge on any atom is 0.224 e. The van der Waals surface area contributed by atoms with E-state index in [1.807, 2.05) is 12.1 Å². The molecule has 0 aromatic carbocycles. The van der Waals surface area contributed by atoms with Crippen LogP contribution in [0.4, 0.5) is 0 Å². The molecule has 3 unspecified atom stereocenters. The van der Waals surface area contributed by atoms with E-state index in [0.29, 0.717) is 18.4 Å². The summed E-state index contributed by atoms with van der Waals surface area (Å²) >= 11 is 0. The highest BCUT2D eigenvalue weighted by atomic mass is 16.3. The first-order valence-electron chi connectivity index (χ1n) is 6.84. The predicted octanol–water partition coefficient (Wildman–Crippen LogP) is 2.08. The van der Waals surface area contributed by atoms with E-state index in [1.165, 1.54) is 6.42 Å². The third-order valence-corrected chi connectivity index (χ3v) is 4.16. The van der Waals surface area contributed by atoms with Crippen LogP contribution in [0.3, 0.4) is 0 Å². The lowest BCUT2D eigenvalue weighted by molar-refractivity contribution is -0.129. The molecule has 4 nitrogen and oxygen atoms in total. The molecule has 1 N–H and O–H groups in total. The summed E-state index contributed by atoms with van der Waals surface area (Å²) in [7, 11) is 0. The molecule has 2 aliphatic heterocycles. The van der Waals surface area contributed by atoms with E-state index in [-0.39, 0.29) is 12.1 Å². The minimum absolute atomic E-state index is 0.166. The van der Waals surface area contributed by atoms with Crippen molar-refractivity contribution < 1.29 is 9.21 Å². The lowest BCUT2D eigenvalue weighted by atomic mass is 9.98. The molecule has 0 radical (unpaired) electrons. The fraction of sp³-hybridized carbons (Fsp3) is 0.643. The number of nitrogens with one attached hydrogen (secondary N) is 1. The Balaban J connectivity index is 1.67. The van der Waals surface area contributed by atoms with Gasteiger partial charge in [0.1, 0.15) is 5.76 Å². The van der Waals surface area contributed by atoms with E-state index < -0.39 is 0 Å². The molecule has 3 rings (SSSR count). The predicted molar refractivity (Wildman–Crippen MR) is 68.0 cm³/mol. The van der Waals surface area contributed by atoms with Gasteiger partial charge in [-0.1, -0.05) is 0 Å². The van der Waals surface area contributed by atoms with Crippen LogP contribution in [-0.2, 0) is 4.79 Å². The van der Waals surface area contributed by atoms with Gasteiger partial charge in [0.25, 0.3) is 0 Å². The fourth-order valence-electron chi connectivity index (χ4n) is 3.24. The van der Waals surface area contributed by atoms with E-state index in [2.05, 4.69) is 17.1 Å². The Kier molecular flexibility index (Phi) is 3.12. The van der Waals surface area contributed by atoms with Crippen LogP contribution in [-0.4, -0.2) is 29.4 Å². The zero-order valence-electron chi connectivity index (χ0n) is 10.8. The van der Waals surface area contributed by atoms with Crippen molar-refractivity contribution in [2.24, 2.45) is 0 Å². The monoisotopic (exact) mass is 248 g/mol. The van der Waals surface area contributed by atoms with Crippen molar-refractivity contribution in [1.82, 2.24) is 10.2 Å². The normalized spacial score (nSPS) is 29.4. The van der Waals surface area contributed by atoms with Crippen molar-refractivity contribution in [2.45, 2.75) is 50.7 Å². The number of piperidine rings is 1. The SMILES string of the molecule is CC(NC1CC(=O)N2CCCCC12)c1ccco1. The van der Waals surface area contributed by atoms with Gasteiger partial charge < -0.3 is 14.6 Å². The van der Waals surface area contributed by atoms with Crippen LogP contribution >= 0.6 is 0 Å². The summed E-state index contributed by atoms with van der Waals surface area (Å²) in [6.45, 7) is 3.03. The molecule has 0 saturated carbocycles. The van der Waals surface area contributed by atoms with Crippen molar-refractivity contribution in [2.75, 3.05) is 6.54 Å². The summed E-state index contributed by atoms with van der Waals surface area (Å²) in [5.41, 5.74) is 0. The molecule has 4 heteroatoms. The summed E-state index contributed by atoms with van der Waals surface area (Å²) in [5.74, 6) is 1.25. The van der Waals surface area contributed by atoms with Crippen LogP contribution in [0.2, 0.25) is 0 Å². The Morgan fingerprint density at radius 1 is 1.50 bits per heavy atom. The summed E-state index contributed by atoms with van der Waals surface area (Å²) in [6, 6.07) is 4.72. The third kappa shape index (κ3) is 2.05. The topological polar surface area (TPSA) is 45.5 Å². The van der Waals surface area contributed by atoms with E-state index >= 15 is 0 Å². The van der Waals surface area contributed by atoms with Crippen molar-refractivity contribution in [3.05, 3.63) is 24.2 Å². The molecule has 0 bridgehead atoms. The van der Waals surface area contributed by atoms with E-state index in [9.17, 15) is 4.79 Å². The van der Waals surface area contributed by atoms with Gasteiger partial charge in [0.15, 0.2) is 0 Å². The average Bonchev–Trinajstić information content (AvgIpc) is 3.00. The number of hydrogen-bond acceptors (Lipinski definition) is 3. The molecule has 1 aromatic heterocycles. The van der Waals surface area contributed by atoms with Crippen LogP contribution in [0, 0.1) is 0 Å². The van der Waals surface area contributed by atoms with Crippen LogP contribution in [0.25, 0.3) is 0 Å². The molecule has 3 heterocycles. The molecule has 18 heavy (non-hydrogen) atoms. The van der Waals surface area contributed by atoms with Crippen LogP contribution in [0.5, 0.6) is 0 Å². The van der Waals surface area contributed by atoms with Crippen LogP contribution in [0.15, 0.2) is 22.8 Å². The quantitative estimate of drug-likeness (QED) is 0.890. The molecule has 2 aliphatic rings. The Bertz CT molecular complexity index is 415. The van der Waals surface area contributed by atoms with E-state index in [1.54, 1.807) is 6.26 Å². The summed E-state index contributed by atoms with van der Waals surface area (Å²) in [6.07, 6.45) is 5.86. The molecule has 0 aliphatic carbocycles. The smallest absolute Gasteiger partial charge is 0.224 e. The molecule has 3 atom stereocenters. The highest BCUT2D eigenvalue weighted by Crippen LogP contribution is 2.29. The lowest BCUT2D eigenvalue weighted by Gasteiger charge is -2.33. The van der Waals surface area contributed by atoms with Crippen molar-refractivity contribution in [3.8, 4) is 0 Å². The highest BCUT2D eigenvalue weighted by molar-refractivity contribution is 5.80. The van der Waals surface area contributed by atoms with Crippen LogP contribution < -0.4 is 5.32 Å². The lowest BCUT2D eigenvalue weighted by Crippen LogP contribution is -2.46. The summed E-state index contributed by atoms with van der Waals surface area (Å²) < 4.78 is 5.41. The largest absolute Gasteiger partial charge is 0.468 e. The Labute approximate surface area is 107 Å². The molecule has 2 fully saturated rings. The molecule has 2 saturated heterocycles. The van der Waals surface area contributed by atoms with Gasteiger partial charge in [-0.2, -0.15) is 0 Å². The van der Waals surface area contributed by atoms with Gasteiger partial charge in [-0.3, -0.25) is 4.79 Å². The Morgan fingerprint density at radius 2 is 2.39 bits per heavy atom. The highest BCUT2D eigenvalue weighted by Gasteiger charge is 2.41. The van der Waals surface area contributed by atoms with Crippen molar-refractivity contribution >= 4 is 5.91 Å². The van der Waals surface area contributed by atoms with Gasteiger partial charge in [0, 0.05) is 25.0 Å². The van der Waals surface area contributed by atoms with E-state index in [0.717, 1.165) is 25.1 Å². The van der Waals surface area contributed by atoms with Crippen molar-refractivity contribution in [1.29, 1.82) is 0 Å². The number of amides is 1. The second-order valence-electron chi connectivity index (χ2n) is 5.36. The van der Waals surface area contributed by atoms with Gasteiger partial charge in [0.2, 0.25) is 5.91 Å². The van der Waals surface area contributed by atoms with Gasteiger partial charge in [-0.25, -0.2) is 0 Å². The van der Waals surface area contributed by atoms with Gasteiger partial charge in [0.05, 0.1) is 12.3 Å². The van der Waals surface area contributed by atoms with Gasteiger partial charge >= 0.3 is 0 Å². The van der Waals surface area contributed by atoms with Crippen LogP contribution in [0.1, 0.15) is 44.4 Å². The molecule has 1 aromatic rings. The molecular weight excluding hydrogens is 228 g/mol. The average molecular weight is 248 g/mol.